The van der Waals surface area contributed by atoms with Crippen LogP contribution in [0.4, 0.5) is 26.1 Å². The van der Waals surface area contributed by atoms with Gasteiger partial charge in [-0.2, -0.15) is 0 Å². The smallest absolute Gasteiger partial charge is 0.413 e. The first-order valence-electron chi connectivity index (χ1n) is 11.7. The minimum atomic E-state index is -0.631. The van der Waals surface area contributed by atoms with Crippen LogP contribution in [0.2, 0.25) is 5.02 Å². The molecule has 4 rings (SSSR count). The predicted octanol–water partition coefficient (Wildman–Crippen LogP) is 5.19. The highest BCUT2D eigenvalue weighted by Crippen LogP contribution is 2.30. The summed E-state index contributed by atoms with van der Waals surface area (Å²) in [5.74, 6) is -0.111. The number of carbonyl (C=O) groups excluding carboxylic acids is 3. The van der Waals surface area contributed by atoms with Gasteiger partial charge in [0.25, 0.3) is 0 Å². The Balaban J connectivity index is 1.55. The summed E-state index contributed by atoms with van der Waals surface area (Å²) < 4.78 is 11.3. The number of rotatable bonds is 6. The molecule has 0 atom stereocenters. The molecular formula is C25H28ClN5O5S. The third kappa shape index (κ3) is 7.31. The van der Waals surface area contributed by atoms with Crippen molar-refractivity contribution < 1.29 is 23.9 Å². The van der Waals surface area contributed by atoms with E-state index in [0.717, 1.165) is 4.70 Å². The third-order valence-corrected chi connectivity index (χ3v) is 6.50. The van der Waals surface area contributed by atoms with Crippen molar-refractivity contribution in [3.63, 3.8) is 0 Å². The summed E-state index contributed by atoms with van der Waals surface area (Å²) in [6, 6.07) is 11.8. The zero-order chi connectivity index (χ0) is 26.6. The number of thiazole rings is 1. The number of anilines is 3. The second kappa shape index (κ2) is 11.3. The molecule has 37 heavy (non-hydrogen) atoms. The number of ether oxygens (including phenoxy) is 2. The molecular weight excluding hydrogens is 518 g/mol. The van der Waals surface area contributed by atoms with Crippen LogP contribution in [0.1, 0.15) is 20.8 Å². The van der Waals surface area contributed by atoms with E-state index in [1.165, 1.54) is 11.3 Å². The number of aromatic nitrogens is 1. The van der Waals surface area contributed by atoms with Crippen molar-refractivity contribution in [2.24, 2.45) is 0 Å². The van der Waals surface area contributed by atoms with Crippen molar-refractivity contribution in [1.29, 1.82) is 0 Å². The summed E-state index contributed by atoms with van der Waals surface area (Å²) in [6.07, 6.45) is -0.592. The highest BCUT2D eigenvalue weighted by Gasteiger charge is 2.23. The van der Waals surface area contributed by atoms with E-state index >= 15 is 0 Å². The Morgan fingerprint density at radius 3 is 2.65 bits per heavy atom. The van der Waals surface area contributed by atoms with Gasteiger partial charge in [0.15, 0.2) is 5.13 Å². The monoisotopic (exact) mass is 545 g/mol. The predicted molar refractivity (Wildman–Crippen MR) is 145 cm³/mol. The molecule has 0 bridgehead atoms. The molecule has 2 aromatic carbocycles. The Morgan fingerprint density at radius 1 is 1.19 bits per heavy atom. The SMILES string of the molecule is CC(C)(C)OC(=O)Nc1nc2ccc(N(CCN3CCOCC3=O)C(=O)Nc3ccc(Cl)cc3)cc2s1. The summed E-state index contributed by atoms with van der Waals surface area (Å²) in [6.45, 7) is 6.93. The standard InChI is InChI=1S/C25H28ClN5O5S/c1-25(2,3)36-24(34)29-22-28-19-9-8-18(14-20(19)37-22)31(11-10-30-12-13-35-15-21(30)32)23(33)27-17-6-4-16(26)5-7-17/h4-9,14H,10-13,15H2,1-3H3,(H,27,33)(H,28,29,34). The van der Waals surface area contributed by atoms with Crippen molar-refractivity contribution in [1.82, 2.24) is 9.88 Å². The number of fused-ring (bicyclic) bond motifs is 1. The van der Waals surface area contributed by atoms with Gasteiger partial charge in [-0.05, 0) is 63.2 Å². The van der Waals surface area contributed by atoms with Crippen LogP contribution in [0.3, 0.4) is 0 Å². The average molecular weight is 546 g/mol. The molecule has 10 nitrogen and oxygen atoms in total. The van der Waals surface area contributed by atoms with Crippen LogP contribution in [0.5, 0.6) is 0 Å². The van der Waals surface area contributed by atoms with Crippen LogP contribution < -0.4 is 15.5 Å². The number of nitrogens with zero attached hydrogens (tertiary/aromatic N) is 3. The second-order valence-corrected chi connectivity index (χ2v) is 10.8. The number of halogens is 1. The lowest BCUT2D eigenvalue weighted by Crippen LogP contribution is -2.47. The first-order chi connectivity index (χ1) is 17.6. The van der Waals surface area contributed by atoms with Crippen LogP contribution in [-0.4, -0.2) is 66.4 Å². The van der Waals surface area contributed by atoms with Crippen molar-refractivity contribution in [3.8, 4) is 0 Å². The summed E-state index contributed by atoms with van der Waals surface area (Å²) in [7, 11) is 0. The third-order valence-electron chi connectivity index (χ3n) is 5.31. The van der Waals surface area contributed by atoms with E-state index in [1.807, 2.05) is 6.07 Å². The van der Waals surface area contributed by atoms with Gasteiger partial charge in [0.05, 0.1) is 16.8 Å². The zero-order valence-corrected chi connectivity index (χ0v) is 22.3. The molecule has 1 aliphatic rings. The Morgan fingerprint density at radius 2 is 1.95 bits per heavy atom. The number of hydrogen-bond acceptors (Lipinski definition) is 7. The normalized spacial score (nSPS) is 13.9. The van der Waals surface area contributed by atoms with Gasteiger partial charge in [-0.3, -0.25) is 15.0 Å². The maximum atomic E-state index is 13.3. The summed E-state index contributed by atoms with van der Waals surface area (Å²) in [4.78, 5) is 45.4. The maximum Gasteiger partial charge on any atom is 0.413 e. The molecule has 1 aromatic heterocycles. The average Bonchev–Trinajstić information content (AvgIpc) is 3.22. The van der Waals surface area contributed by atoms with Gasteiger partial charge in [-0.1, -0.05) is 22.9 Å². The number of nitrogens with one attached hydrogen (secondary N) is 2. The summed E-state index contributed by atoms with van der Waals surface area (Å²) in [5.41, 5.74) is 1.24. The fourth-order valence-electron chi connectivity index (χ4n) is 3.61. The molecule has 196 valence electrons. The van der Waals surface area contributed by atoms with Gasteiger partial charge >= 0.3 is 12.1 Å². The van der Waals surface area contributed by atoms with Crippen molar-refractivity contribution in [2.75, 3.05) is 48.4 Å². The number of benzene rings is 2. The molecule has 4 amide bonds. The number of urea groups is 1. The van der Waals surface area contributed by atoms with E-state index in [1.54, 1.807) is 67.0 Å². The first kappa shape index (κ1) is 26.6. The van der Waals surface area contributed by atoms with Crippen LogP contribution >= 0.6 is 22.9 Å². The lowest BCUT2D eigenvalue weighted by atomic mass is 10.2. The Hall–Kier alpha value is -3.41. The van der Waals surface area contributed by atoms with Gasteiger partial charge in [0, 0.05) is 36.0 Å². The number of morpholine rings is 1. The Labute approximate surface area is 223 Å². The topological polar surface area (TPSA) is 113 Å². The molecule has 0 unspecified atom stereocenters. The van der Waals surface area contributed by atoms with E-state index in [0.29, 0.717) is 46.7 Å². The van der Waals surface area contributed by atoms with E-state index in [4.69, 9.17) is 21.1 Å². The fraction of sp³-hybridized carbons (Fsp3) is 0.360. The van der Waals surface area contributed by atoms with E-state index in [-0.39, 0.29) is 25.1 Å². The van der Waals surface area contributed by atoms with Crippen LogP contribution in [0, 0.1) is 0 Å². The van der Waals surface area contributed by atoms with Crippen molar-refractivity contribution in [2.45, 2.75) is 26.4 Å². The molecule has 0 radical (unpaired) electrons. The zero-order valence-electron chi connectivity index (χ0n) is 20.7. The largest absolute Gasteiger partial charge is 0.444 e. The number of amides is 4. The Kier molecular flexibility index (Phi) is 8.16. The Bertz CT molecular complexity index is 1290. The molecule has 1 fully saturated rings. The molecule has 0 saturated carbocycles. The number of hydrogen-bond donors (Lipinski definition) is 2. The van der Waals surface area contributed by atoms with Crippen molar-refractivity contribution >= 4 is 67.7 Å². The lowest BCUT2D eigenvalue weighted by molar-refractivity contribution is -0.142. The van der Waals surface area contributed by atoms with Crippen LogP contribution in [0.15, 0.2) is 42.5 Å². The molecule has 2 N–H and O–H groups in total. The lowest BCUT2D eigenvalue weighted by Gasteiger charge is -2.30. The molecule has 2 heterocycles. The van der Waals surface area contributed by atoms with Gasteiger partial charge in [0.1, 0.15) is 12.2 Å². The molecule has 1 saturated heterocycles. The van der Waals surface area contributed by atoms with Gasteiger partial charge in [-0.25, -0.2) is 14.6 Å². The minimum Gasteiger partial charge on any atom is -0.444 e. The molecule has 3 aromatic rings. The van der Waals surface area contributed by atoms with Crippen molar-refractivity contribution in [3.05, 3.63) is 47.5 Å². The molecule has 12 heteroatoms. The van der Waals surface area contributed by atoms with Crippen LogP contribution in [-0.2, 0) is 14.3 Å². The van der Waals surface area contributed by atoms with Gasteiger partial charge in [0.2, 0.25) is 5.91 Å². The first-order valence-corrected chi connectivity index (χ1v) is 12.9. The van der Waals surface area contributed by atoms with E-state index < -0.39 is 11.7 Å². The highest BCUT2D eigenvalue weighted by atomic mass is 35.5. The number of carbonyl (C=O) groups is 3. The molecule has 0 spiro atoms. The van der Waals surface area contributed by atoms with Gasteiger partial charge < -0.3 is 19.7 Å². The molecule has 1 aliphatic heterocycles. The highest BCUT2D eigenvalue weighted by molar-refractivity contribution is 7.22. The molecule has 0 aliphatic carbocycles. The second-order valence-electron chi connectivity index (χ2n) is 9.32. The van der Waals surface area contributed by atoms with E-state index in [2.05, 4.69) is 15.6 Å². The van der Waals surface area contributed by atoms with E-state index in [9.17, 15) is 14.4 Å². The van der Waals surface area contributed by atoms with Gasteiger partial charge in [-0.15, -0.1) is 0 Å². The summed E-state index contributed by atoms with van der Waals surface area (Å²) >= 11 is 7.24. The quantitative estimate of drug-likeness (QED) is 0.440. The summed E-state index contributed by atoms with van der Waals surface area (Å²) in [5, 5.41) is 6.49. The van der Waals surface area contributed by atoms with Crippen LogP contribution in [0.25, 0.3) is 10.2 Å². The fourth-order valence-corrected chi connectivity index (χ4v) is 4.62. The minimum absolute atomic E-state index is 0.0389. The maximum absolute atomic E-state index is 13.3.